The van der Waals surface area contributed by atoms with Gasteiger partial charge in [-0.1, -0.05) is 11.6 Å². The molecule has 0 fully saturated rings. The van der Waals surface area contributed by atoms with E-state index >= 15 is 0 Å². The molecule has 0 aliphatic rings. The van der Waals surface area contributed by atoms with Crippen molar-refractivity contribution >= 4 is 44.7 Å². The first-order valence-electron chi connectivity index (χ1n) is 12.3. The maximum absolute atomic E-state index is 12.7. The van der Waals surface area contributed by atoms with Crippen molar-refractivity contribution in [1.82, 2.24) is 29.9 Å². The Kier molecular flexibility index (Phi) is 5.59. The molecule has 0 aliphatic carbocycles. The van der Waals surface area contributed by atoms with Crippen LogP contribution >= 0.6 is 11.6 Å². The largest absolute Gasteiger partial charge is 0.372 e. The first-order valence-corrected chi connectivity index (χ1v) is 12.7. The van der Waals surface area contributed by atoms with Gasteiger partial charge in [-0.05, 0) is 106 Å². The summed E-state index contributed by atoms with van der Waals surface area (Å²) in [6, 6.07) is 17.0. The number of pyridine rings is 6. The molecule has 0 saturated carbocycles. The lowest BCUT2D eigenvalue weighted by Gasteiger charge is -2.28. The van der Waals surface area contributed by atoms with Gasteiger partial charge in [-0.2, -0.15) is 0 Å². The van der Waals surface area contributed by atoms with Gasteiger partial charge < -0.3 is 5.11 Å². The molecule has 188 valence electrons. The second kappa shape index (κ2) is 8.75. The van der Waals surface area contributed by atoms with Crippen molar-refractivity contribution in [2.45, 2.75) is 40.2 Å². The molecular weight excluding hydrogens is 496 g/mol. The summed E-state index contributed by atoms with van der Waals surface area (Å²) < 4.78 is 0. The van der Waals surface area contributed by atoms with Gasteiger partial charge in [0.15, 0.2) is 22.5 Å². The summed E-state index contributed by atoms with van der Waals surface area (Å²) in [6.07, 6.45) is 0. The molecule has 6 rings (SSSR count). The molecule has 0 amide bonds. The zero-order chi connectivity index (χ0) is 26.8. The molecule has 38 heavy (non-hydrogen) atoms. The van der Waals surface area contributed by atoms with Crippen LogP contribution in [0.1, 0.15) is 45.2 Å². The Morgan fingerprint density at radius 2 is 0.947 bits per heavy atom. The van der Waals surface area contributed by atoms with Crippen LogP contribution in [0.4, 0.5) is 0 Å². The van der Waals surface area contributed by atoms with Crippen LogP contribution in [0.5, 0.6) is 0 Å². The Morgan fingerprint density at radius 3 is 1.47 bits per heavy atom. The van der Waals surface area contributed by atoms with Crippen LogP contribution in [0.25, 0.3) is 33.1 Å². The van der Waals surface area contributed by atoms with E-state index in [1.54, 1.807) is 18.2 Å². The third-order valence-electron chi connectivity index (χ3n) is 6.97. The summed E-state index contributed by atoms with van der Waals surface area (Å²) >= 11 is 6.21. The van der Waals surface area contributed by atoms with E-state index in [1.165, 1.54) is 0 Å². The van der Waals surface area contributed by atoms with Gasteiger partial charge in [0.2, 0.25) is 0 Å². The second-order valence-corrected chi connectivity index (χ2v) is 10.2. The van der Waals surface area contributed by atoms with Crippen LogP contribution in [-0.2, 0) is 5.60 Å². The molecule has 0 aliphatic heterocycles. The van der Waals surface area contributed by atoms with Gasteiger partial charge in [0, 0.05) is 27.5 Å². The minimum absolute atomic E-state index is 0.322. The third-order valence-corrected chi connectivity index (χ3v) is 7.18. The van der Waals surface area contributed by atoms with E-state index in [-0.39, 0.29) is 0 Å². The van der Waals surface area contributed by atoms with Crippen LogP contribution in [0.15, 0.2) is 54.6 Å². The molecule has 0 aromatic carbocycles. The minimum atomic E-state index is -1.82. The second-order valence-electron chi connectivity index (χ2n) is 9.84. The molecule has 6 heterocycles. The monoisotopic (exact) mass is 520 g/mol. The molecule has 0 atom stereocenters. The number of aliphatic hydroxyl groups is 1. The summed E-state index contributed by atoms with van der Waals surface area (Å²) in [7, 11) is 0. The van der Waals surface area contributed by atoms with Crippen molar-refractivity contribution < 1.29 is 5.11 Å². The lowest BCUT2D eigenvalue weighted by atomic mass is 9.88. The predicted molar refractivity (Wildman–Crippen MR) is 149 cm³/mol. The normalized spacial score (nSPS) is 12.1. The summed E-state index contributed by atoms with van der Waals surface area (Å²) in [5, 5.41) is 15.7. The van der Waals surface area contributed by atoms with Gasteiger partial charge in [0.1, 0.15) is 5.15 Å². The van der Waals surface area contributed by atoms with Crippen LogP contribution in [0, 0.1) is 34.6 Å². The number of halogens is 1. The van der Waals surface area contributed by atoms with E-state index in [9.17, 15) is 5.11 Å². The van der Waals surface area contributed by atoms with Gasteiger partial charge >= 0.3 is 0 Å². The fourth-order valence-electron chi connectivity index (χ4n) is 5.09. The Labute approximate surface area is 224 Å². The van der Waals surface area contributed by atoms with Gasteiger partial charge in [-0.25, -0.2) is 29.9 Å². The van der Waals surface area contributed by atoms with E-state index in [1.807, 2.05) is 71.0 Å². The number of fused-ring (bicyclic) bond motifs is 3. The molecule has 0 spiro atoms. The number of hydrogen-bond donors (Lipinski definition) is 1. The summed E-state index contributed by atoms with van der Waals surface area (Å²) in [5.74, 6) is 0. The summed E-state index contributed by atoms with van der Waals surface area (Å²) in [6.45, 7) is 9.86. The number of aromatic nitrogens is 6. The van der Waals surface area contributed by atoms with Crippen molar-refractivity contribution in [3.05, 3.63) is 105 Å². The van der Waals surface area contributed by atoms with Crippen molar-refractivity contribution in [2.75, 3.05) is 0 Å². The first kappa shape index (κ1) is 24.3. The van der Waals surface area contributed by atoms with Crippen LogP contribution in [0.3, 0.4) is 0 Å². The number of rotatable bonds is 3. The fraction of sp³-hybridized carbons (Fsp3) is 0.200. The molecule has 7 nitrogen and oxygen atoms in total. The Balaban J connectivity index is 1.69. The topological polar surface area (TPSA) is 97.6 Å². The molecule has 0 saturated heterocycles. The van der Waals surface area contributed by atoms with Gasteiger partial charge in [0.05, 0.1) is 17.1 Å². The average molecular weight is 521 g/mol. The lowest BCUT2D eigenvalue weighted by Crippen LogP contribution is -2.33. The Hall–Kier alpha value is -4.07. The highest BCUT2D eigenvalue weighted by molar-refractivity contribution is 6.29. The molecule has 0 bridgehead atoms. The highest BCUT2D eigenvalue weighted by atomic mass is 35.5. The molecular formula is C30H25ClN6O. The number of nitrogens with zero attached hydrogens (tertiary/aromatic N) is 6. The highest BCUT2D eigenvalue weighted by Crippen LogP contribution is 2.37. The predicted octanol–water partition coefficient (Wildman–Crippen LogP) is 6.00. The van der Waals surface area contributed by atoms with Crippen LogP contribution in [-0.4, -0.2) is 35.0 Å². The fourth-order valence-corrected chi connectivity index (χ4v) is 5.24. The van der Waals surface area contributed by atoms with Gasteiger partial charge in [0.25, 0.3) is 0 Å². The lowest BCUT2D eigenvalue weighted by molar-refractivity contribution is 0.112. The molecule has 6 aromatic rings. The van der Waals surface area contributed by atoms with Gasteiger partial charge in [-0.15, -0.1) is 0 Å². The molecule has 0 unspecified atom stereocenters. The summed E-state index contributed by atoms with van der Waals surface area (Å²) in [5.41, 5.74) is 5.46. The quantitative estimate of drug-likeness (QED) is 0.286. The molecule has 1 N–H and O–H groups in total. The van der Waals surface area contributed by atoms with Crippen molar-refractivity contribution in [1.29, 1.82) is 0 Å². The Bertz CT molecular complexity index is 1830. The van der Waals surface area contributed by atoms with E-state index < -0.39 is 5.60 Å². The van der Waals surface area contributed by atoms with Crippen LogP contribution in [0.2, 0.25) is 5.15 Å². The first-order chi connectivity index (χ1) is 18.1. The number of hydrogen-bond acceptors (Lipinski definition) is 7. The molecule has 8 heteroatoms. The maximum atomic E-state index is 12.7. The zero-order valence-corrected chi connectivity index (χ0v) is 22.5. The van der Waals surface area contributed by atoms with E-state index in [0.717, 1.165) is 44.2 Å². The molecule has 0 radical (unpaired) electrons. The highest BCUT2D eigenvalue weighted by Gasteiger charge is 2.40. The summed E-state index contributed by atoms with van der Waals surface area (Å²) in [4.78, 5) is 28.2. The van der Waals surface area contributed by atoms with E-state index in [4.69, 9.17) is 26.6 Å². The van der Waals surface area contributed by atoms with Crippen molar-refractivity contribution in [3.8, 4) is 0 Å². The van der Waals surface area contributed by atoms with E-state index in [2.05, 4.69) is 15.0 Å². The average Bonchev–Trinajstić information content (AvgIpc) is 2.87. The van der Waals surface area contributed by atoms with Crippen molar-refractivity contribution in [2.24, 2.45) is 0 Å². The standard InChI is InChI=1S/C30H25ClN6O/c1-15-12-18(4)32-27-20(15)6-9-23(34-27)30(38,24-10-7-21-16(2)13-19(5)33-28(21)35-24)25-14-17(3)22-8-11-26(31)37-29(22)36-25/h6-14,38H,1-5H3. The Morgan fingerprint density at radius 1 is 0.526 bits per heavy atom. The molecule has 6 aromatic heterocycles. The van der Waals surface area contributed by atoms with E-state index in [0.29, 0.717) is 39.2 Å². The zero-order valence-electron chi connectivity index (χ0n) is 21.7. The SMILES string of the molecule is Cc1cc(C)c2ccc(C(O)(c3ccc4c(C)cc(C)nc4n3)c3cc(C)c4ccc(Cl)nc4n3)nc2n1. The smallest absolute Gasteiger partial charge is 0.191 e. The van der Waals surface area contributed by atoms with Crippen molar-refractivity contribution in [3.63, 3.8) is 0 Å². The third kappa shape index (κ3) is 3.86. The maximum Gasteiger partial charge on any atom is 0.191 e. The minimum Gasteiger partial charge on any atom is -0.372 e. The number of aryl methyl sites for hydroxylation is 5. The van der Waals surface area contributed by atoms with Crippen LogP contribution < -0.4 is 0 Å². The van der Waals surface area contributed by atoms with Gasteiger partial charge in [-0.3, -0.25) is 0 Å².